The molecule has 0 radical (unpaired) electrons. The molecule has 2 atom stereocenters. The van der Waals surface area contributed by atoms with Crippen LogP contribution >= 0.6 is 0 Å². The minimum Gasteiger partial charge on any atom is -0.444 e. The van der Waals surface area contributed by atoms with E-state index in [0.29, 0.717) is 19.5 Å². The van der Waals surface area contributed by atoms with Crippen molar-refractivity contribution in [2.75, 3.05) is 13.1 Å². The van der Waals surface area contributed by atoms with E-state index in [2.05, 4.69) is 4.98 Å². The number of carbonyl (C=O) groups excluding carboxylic acids is 1. The van der Waals surface area contributed by atoms with Crippen LogP contribution in [-0.2, 0) is 18.2 Å². The molecule has 0 bridgehead atoms. The second-order valence-electron chi connectivity index (χ2n) is 6.70. The Labute approximate surface area is 125 Å². The van der Waals surface area contributed by atoms with Gasteiger partial charge >= 0.3 is 6.09 Å². The predicted molar refractivity (Wildman–Crippen MR) is 78.8 cm³/mol. The van der Waals surface area contributed by atoms with Crippen molar-refractivity contribution in [3.63, 3.8) is 0 Å². The van der Waals surface area contributed by atoms with Gasteiger partial charge in [0.25, 0.3) is 0 Å². The predicted octanol–water partition coefficient (Wildman–Crippen LogP) is 1.58. The zero-order valence-corrected chi connectivity index (χ0v) is 13.2. The highest BCUT2D eigenvalue weighted by atomic mass is 16.6. The molecule has 2 unspecified atom stereocenters. The number of carbonyl (C=O) groups is 1. The molecule has 1 N–H and O–H groups in total. The van der Waals surface area contributed by atoms with Gasteiger partial charge in [0.1, 0.15) is 11.4 Å². The molecular weight excluding hydrogens is 270 g/mol. The summed E-state index contributed by atoms with van der Waals surface area (Å²) >= 11 is 0. The van der Waals surface area contributed by atoms with Crippen LogP contribution in [0.25, 0.3) is 0 Å². The number of nitrogens with zero attached hydrogens (tertiary/aromatic N) is 3. The van der Waals surface area contributed by atoms with Gasteiger partial charge in [0.2, 0.25) is 0 Å². The van der Waals surface area contributed by atoms with Crippen molar-refractivity contribution in [1.29, 1.82) is 0 Å². The number of hydrogen-bond acceptors (Lipinski definition) is 4. The SMILES string of the molecule is Cn1ccnc1CC(O)C1CCN(C(=O)OC(C)(C)C)C1. The van der Waals surface area contributed by atoms with E-state index in [9.17, 15) is 9.90 Å². The molecule has 0 aromatic carbocycles. The highest BCUT2D eigenvalue weighted by Crippen LogP contribution is 2.23. The number of ether oxygens (including phenoxy) is 1. The number of imidazole rings is 1. The van der Waals surface area contributed by atoms with Crippen LogP contribution in [0.2, 0.25) is 0 Å². The van der Waals surface area contributed by atoms with Crippen molar-refractivity contribution in [2.24, 2.45) is 13.0 Å². The van der Waals surface area contributed by atoms with Crippen LogP contribution in [0.3, 0.4) is 0 Å². The summed E-state index contributed by atoms with van der Waals surface area (Å²) in [5.41, 5.74) is -0.485. The Hall–Kier alpha value is -1.56. The average Bonchev–Trinajstić information content (AvgIpc) is 2.97. The van der Waals surface area contributed by atoms with Gasteiger partial charge in [-0.3, -0.25) is 0 Å². The molecule has 1 aliphatic heterocycles. The number of amides is 1. The summed E-state index contributed by atoms with van der Waals surface area (Å²) in [6.07, 6.45) is 4.11. The quantitative estimate of drug-likeness (QED) is 0.919. The first kappa shape index (κ1) is 15.8. The molecule has 6 nitrogen and oxygen atoms in total. The maximum absolute atomic E-state index is 12.0. The van der Waals surface area contributed by atoms with Gasteiger partial charge in [0.15, 0.2) is 0 Å². The molecule has 6 heteroatoms. The molecule has 1 aromatic heterocycles. The van der Waals surface area contributed by atoms with E-state index in [1.807, 2.05) is 38.6 Å². The minimum absolute atomic E-state index is 0.0780. The molecule has 21 heavy (non-hydrogen) atoms. The third-order valence-corrected chi connectivity index (χ3v) is 3.73. The molecule has 1 amide bonds. The van der Waals surface area contributed by atoms with Crippen molar-refractivity contribution in [2.45, 2.75) is 45.3 Å². The Kier molecular flexibility index (Phi) is 4.56. The first-order valence-electron chi connectivity index (χ1n) is 7.38. The summed E-state index contributed by atoms with van der Waals surface area (Å²) in [4.78, 5) is 17.9. The molecule has 1 fully saturated rings. The lowest BCUT2D eigenvalue weighted by atomic mass is 9.99. The lowest BCUT2D eigenvalue weighted by Gasteiger charge is -2.25. The average molecular weight is 295 g/mol. The van der Waals surface area contributed by atoms with Crippen molar-refractivity contribution in [1.82, 2.24) is 14.5 Å². The molecule has 0 saturated carbocycles. The fourth-order valence-corrected chi connectivity index (χ4v) is 2.54. The van der Waals surface area contributed by atoms with Crippen LogP contribution in [0, 0.1) is 5.92 Å². The largest absolute Gasteiger partial charge is 0.444 e. The number of aromatic nitrogens is 2. The second-order valence-corrected chi connectivity index (χ2v) is 6.70. The van der Waals surface area contributed by atoms with Crippen LogP contribution < -0.4 is 0 Å². The van der Waals surface area contributed by atoms with Gasteiger partial charge in [0.05, 0.1) is 6.10 Å². The maximum atomic E-state index is 12.0. The number of aliphatic hydroxyl groups is 1. The lowest BCUT2D eigenvalue weighted by molar-refractivity contribution is 0.0268. The van der Waals surface area contributed by atoms with Crippen LogP contribution in [0.5, 0.6) is 0 Å². The monoisotopic (exact) mass is 295 g/mol. The molecule has 0 aliphatic carbocycles. The maximum Gasteiger partial charge on any atom is 0.410 e. The second kappa shape index (κ2) is 6.05. The van der Waals surface area contributed by atoms with Crippen LogP contribution in [0.4, 0.5) is 4.79 Å². The summed E-state index contributed by atoms with van der Waals surface area (Å²) < 4.78 is 7.27. The highest BCUT2D eigenvalue weighted by molar-refractivity contribution is 5.68. The van der Waals surface area contributed by atoms with Crippen molar-refractivity contribution < 1.29 is 14.6 Å². The summed E-state index contributed by atoms with van der Waals surface area (Å²) in [5, 5.41) is 10.3. The normalized spacial score (nSPS) is 20.6. The highest BCUT2D eigenvalue weighted by Gasteiger charge is 2.33. The minimum atomic E-state index is -0.487. The van der Waals surface area contributed by atoms with E-state index in [4.69, 9.17) is 4.74 Å². The van der Waals surface area contributed by atoms with Gasteiger partial charge in [-0.1, -0.05) is 0 Å². The molecule has 1 aliphatic rings. The zero-order chi connectivity index (χ0) is 15.6. The number of aliphatic hydroxyl groups excluding tert-OH is 1. The van der Waals surface area contributed by atoms with Crippen LogP contribution in [-0.4, -0.2) is 50.4 Å². The number of hydrogen-bond donors (Lipinski definition) is 1. The van der Waals surface area contributed by atoms with Crippen LogP contribution in [0.15, 0.2) is 12.4 Å². The summed E-state index contributed by atoms with van der Waals surface area (Å²) in [7, 11) is 1.91. The topological polar surface area (TPSA) is 67.6 Å². The first-order chi connectivity index (χ1) is 9.76. The van der Waals surface area contributed by atoms with E-state index >= 15 is 0 Å². The number of rotatable bonds is 3. The van der Waals surface area contributed by atoms with Gasteiger partial charge in [-0.05, 0) is 27.2 Å². The molecule has 1 saturated heterocycles. The summed E-state index contributed by atoms with van der Waals surface area (Å²) in [6.45, 7) is 6.74. The fourth-order valence-electron chi connectivity index (χ4n) is 2.54. The van der Waals surface area contributed by atoms with Gasteiger partial charge in [-0.25, -0.2) is 9.78 Å². The van der Waals surface area contributed by atoms with E-state index in [-0.39, 0.29) is 12.0 Å². The fraction of sp³-hybridized carbons (Fsp3) is 0.733. The summed E-state index contributed by atoms with van der Waals surface area (Å²) in [6, 6.07) is 0. The van der Waals surface area contributed by atoms with Crippen molar-refractivity contribution >= 4 is 6.09 Å². The van der Waals surface area contributed by atoms with Gasteiger partial charge in [-0.2, -0.15) is 0 Å². The Bertz CT molecular complexity index is 493. The number of likely N-dealkylation sites (tertiary alicyclic amines) is 1. The molecule has 2 heterocycles. The van der Waals surface area contributed by atoms with E-state index in [1.54, 1.807) is 11.1 Å². The molecular formula is C15H25N3O3. The molecule has 118 valence electrons. The Morgan fingerprint density at radius 2 is 2.29 bits per heavy atom. The van der Waals surface area contributed by atoms with E-state index < -0.39 is 11.7 Å². The molecule has 1 aromatic rings. The zero-order valence-electron chi connectivity index (χ0n) is 13.2. The van der Waals surface area contributed by atoms with Crippen molar-refractivity contribution in [3.05, 3.63) is 18.2 Å². The smallest absolute Gasteiger partial charge is 0.410 e. The Morgan fingerprint density at radius 1 is 1.57 bits per heavy atom. The third-order valence-electron chi connectivity index (χ3n) is 3.73. The lowest BCUT2D eigenvalue weighted by Crippen LogP contribution is -2.36. The van der Waals surface area contributed by atoms with Gasteiger partial charge in [-0.15, -0.1) is 0 Å². The van der Waals surface area contributed by atoms with Gasteiger partial charge in [0, 0.05) is 44.9 Å². The molecule has 2 rings (SSSR count). The van der Waals surface area contributed by atoms with Crippen LogP contribution in [0.1, 0.15) is 33.0 Å². The number of aryl methyl sites for hydroxylation is 1. The molecule has 0 spiro atoms. The standard InChI is InChI=1S/C15H25N3O3/c1-15(2,3)21-14(20)18-7-5-11(10-18)12(19)9-13-16-6-8-17(13)4/h6,8,11-12,19H,5,7,9-10H2,1-4H3. The summed E-state index contributed by atoms with van der Waals surface area (Å²) in [5.74, 6) is 0.937. The Morgan fingerprint density at radius 3 is 2.86 bits per heavy atom. The van der Waals surface area contributed by atoms with Crippen molar-refractivity contribution in [3.8, 4) is 0 Å². The van der Waals surface area contributed by atoms with E-state index in [1.165, 1.54) is 0 Å². The Balaban J connectivity index is 1.87. The van der Waals surface area contributed by atoms with Gasteiger partial charge < -0.3 is 19.3 Å². The third kappa shape index (κ3) is 4.20. The first-order valence-corrected chi connectivity index (χ1v) is 7.38. The van der Waals surface area contributed by atoms with E-state index in [0.717, 1.165) is 12.2 Å².